The standard InChI is InChI=1S/C19H23N3O3/c1-14-10-15(5-6-17(14)24-2)11-19(23)22-9-3-4-16(12-22)25-18-7-8-20-13-21-18/h5-8,10,13,16H,3-4,9,11-12H2,1-2H3. The molecule has 1 aliphatic heterocycles. The maximum absolute atomic E-state index is 12.6. The van der Waals surface area contributed by atoms with E-state index in [2.05, 4.69) is 9.97 Å². The van der Waals surface area contributed by atoms with Gasteiger partial charge in [-0.1, -0.05) is 12.1 Å². The van der Waals surface area contributed by atoms with Gasteiger partial charge in [-0.05, 0) is 37.0 Å². The first-order chi connectivity index (χ1) is 12.2. The molecule has 0 N–H and O–H groups in total. The molecule has 1 atom stereocenters. The topological polar surface area (TPSA) is 64.5 Å². The van der Waals surface area contributed by atoms with E-state index in [1.807, 2.05) is 30.0 Å². The fourth-order valence-corrected chi connectivity index (χ4v) is 3.12. The summed E-state index contributed by atoms with van der Waals surface area (Å²) in [5.41, 5.74) is 2.04. The van der Waals surface area contributed by atoms with Crippen molar-refractivity contribution < 1.29 is 14.3 Å². The van der Waals surface area contributed by atoms with Crippen LogP contribution in [-0.2, 0) is 11.2 Å². The van der Waals surface area contributed by atoms with Crippen LogP contribution in [0.5, 0.6) is 11.6 Å². The van der Waals surface area contributed by atoms with Gasteiger partial charge >= 0.3 is 0 Å². The van der Waals surface area contributed by atoms with Crippen LogP contribution < -0.4 is 9.47 Å². The molecule has 132 valence electrons. The summed E-state index contributed by atoms with van der Waals surface area (Å²) >= 11 is 0. The van der Waals surface area contributed by atoms with Crippen LogP contribution >= 0.6 is 0 Å². The molecule has 1 unspecified atom stereocenters. The largest absolute Gasteiger partial charge is 0.496 e. The molecule has 1 amide bonds. The van der Waals surface area contributed by atoms with Gasteiger partial charge in [-0.15, -0.1) is 0 Å². The molecule has 1 aliphatic rings. The van der Waals surface area contributed by atoms with Crippen LogP contribution in [0.4, 0.5) is 0 Å². The van der Waals surface area contributed by atoms with E-state index in [-0.39, 0.29) is 12.0 Å². The average Bonchev–Trinajstić information content (AvgIpc) is 2.63. The maximum atomic E-state index is 12.6. The molecule has 2 aromatic rings. The van der Waals surface area contributed by atoms with Gasteiger partial charge in [-0.2, -0.15) is 0 Å². The summed E-state index contributed by atoms with van der Waals surface area (Å²) in [6.07, 6.45) is 5.35. The predicted molar refractivity (Wildman–Crippen MR) is 93.7 cm³/mol. The van der Waals surface area contributed by atoms with Gasteiger partial charge in [0.1, 0.15) is 18.2 Å². The van der Waals surface area contributed by atoms with E-state index in [9.17, 15) is 4.79 Å². The third-order valence-corrected chi connectivity index (χ3v) is 4.39. The van der Waals surface area contributed by atoms with Crippen LogP contribution in [0.25, 0.3) is 0 Å². The molecular formula is C19H23N3O3. The SMILES string of the molecule is COc1ccc(CC(=O)N2CCCC(Oc3ccncn3)C2)cc1C. The van der Waals surface area contributed by atoms with Crippen molar-refractivity contribution in [3.63, 3.8) is 0 Å². The van der Waals surface area contributed by atoms with Gasteiger partial charge in [-0.25, -0.2) is 9.97 Å². The Hall–Kier alpha value is -2.63. The summed E-state index contributed by atoms with van der Waals surface area (Å²) < 4.78 is 11.1. The van der Waals surface area contributed by atoms with Crippen LogP contribution in [0.15, 0.2) is 36.8 Å². The molecule has 1 aromatic heterocycles. The highest BCUT2D eigenvalue weighted by atomic mass is 16.5. The second-order valence-electron chi connectivity index (χ2n) is 6.25. The Morgan fingerprint density at radius 3 is 2.96 bits per heavy atom. The van der Waals surface area contributed by atoms with Gasteiger partial charge in [0.15, 0.2) is 0 Å². The normalized spacial score (nSPS) is 17.2. The van der Waals surface area contributed by atoms with Crippen molar-refractivity contribution in [2.45, 2.75) is 32.3 Å². The number of methoxy groups -OCH3 is 1. The minimum Gasteiger partial charge on any atom is -0.496 e. The summed E-state index contributed by atoms with van der Waals surface area (Å²) in [6.45, 7) is 3.36. The molecule has 0 saturated carbocycles. The van der Waals surface area contributed by atoms with Crippen molar-refractivity contribution in [3.8, 4) is 11.6 Å². The summed E-state index contributed by atoms with van der Waals surface area (Å²) in [7, 11) is 1.65. The van der Waals surface area contributed by atoms with Crippen molar-refractivity contribution in [2.75, 3.05) is 20.2 Å². The van der Waals surface area contributed by atoms with Gasteiger partial charge in [0.25, 0.3) is 0 Å². The maximum Gasteiger partial charge on any atom is 0.227 e. The summed E-state index contributed by atoms with van der Waals surface area (Å²) in [5.74, 6) is 1.52. The monoisotopic (exact) mass is 341 g/mol. The van der Waals surface area contributed by atoms with Crippen molar-refractivity contribution in [1.82, 2.24) is 14.9 Å². The van der Waals surface area contributed by atoms with Gasteiger partial charge in [0.2, 0.25) is 11.8 Å². The summed E-state index contributed by atoms with van der Waals surface area (Å²) in [6, 6.07) is 7.61. The van der Waals surface area contributed by atoms with Gasteiger partial charge in [0, 0.05) is 18.8 Å². The van der Waals surface area contributed by atoms with Crippen molar-refractivity contribution in [2.24, 2.45) is 0 Å². The molecule has 0 bridgehead atoms. The fraction of sp³-hybridized carbons (Fsp3) is 0.421. The van der Waals surface area contributed by atoms with Crippen LogP contribution in [0.1, 0.15) is 24.0 Å². The van der Waals surface area contributed by atoms with E-state index >= 15 is 0 Å². The van der Waals surface area contributed by atoms with Gasteiger partial charge in [-0.3, -0.25) is 4.79 Å². The lowest BCUT2D eigenvalue weighted by Gasteiger charge is -2.32. The Morgan fingerprint density at radius 2 is 2.24 bits per heavy atom. The van der Waals surface area contributed by atoms with E-state index < -0.39 is 0 Å². The smallest absolute Gasteiger partial charge is 0.227 e. The predicted octanol–water partition coefficient (Wildman–Crippen LogP) is 2.41. The number of aromatic nitrogens is 2. The number of piperidine rings is 1. The number of carbonyl (C=O) groups is 1. The Morgan fingerprint density at radius 1 is 1.36 bits per heavy atom. The molecule has 3 rings (SSSR count). The number of likely N-dealkylation sites (tertiary alicyclic amines) is 1. The van der Waals surface area contributed by atoms with Crippen LogP contribution in [0.2, 0.25) is 0 Å². The van der Waals surface area contributed by atoms with E-state index in [1.54, 1.807) is 19.4 Å². The zero-order valence-electron chi connectivity index (χ0n) is 14.6. The summed E-state index contributed by atoms with van der Waals surface area (Å²) in [5, 5.41) is 0. The van der Waals surface area contributed by atoms with Crippen LogP contribution in [-0.4, -0.2) is 47.1 Å². The minimum atomic E-state index is -0.0230. The molecule has 6 heteroatoms. The molecule has 25 heavy (non-hydrogen) atoms. The Bertz CT molecular complexity index is 721. The zero-order chi connectivity index (χ0) is 17.6. The lowest BCUT2D eigenvalue weighted by molar-refractivity contribution is -0.133. The van der Waals surface area contributed by atoms with E-state index in [0.717, 1.165) is 36.3 Å². The number of ether oxygens (including phenoxy) is 2. The number of aryl methyl sites for hydroxylation is 1. The second-order valence-corrected chi connectivity index (χ2v) is 6.25. The molecule has 1 aromatic carbocycles. The second kappa shape index (κ2) is 7.96. The molecule has 0 spiro atoms. The molecule has 1 fully saturated rings. The molecule has 6 nitrogen and oxygen atoms in total. The molecule has 0 aliphatic carbocycles. The zero-order valence-corrected chi connectivity index (χ0v) is 14.6. The highest BCUT2D eigenvalue weighted by Crippen LogP contribution is 2.20. The third kappa shape index (κ3) is 4.47. The van der Waals surface area contributed by atoms with Gasteiger partial charge in [0.05, 0.1) is 20.1 Å². The number of rotatable bonds is 5. The lowest BCUT2D eigenvalue weighted by atomic mass is 10.0. The van der Waals surface area contributed by atoms with E-state index in [0.29, 0.717) is 18.8 Å². The highest BCUT2D eigenvalue weighted by Gasteiger charge is 2.25. The minimum absolute atomic E-state index is 0.0230. The molecule has 0 radical (unpaired) electrons. The van der Waals surface area contributed by atoms with E-state index in [4.69, 9.17) is 9.47 Å². The number of hydrogen-bond donors (Lipinski definition) is 0. The third-order valence-electron chi connectivity index (χ3n) is 4.39. The van der Waals surface area contributed by atoms with Crippen molar-refractivity contribution in [1.29, 1.82) is 0 Å². The Balaban J connectivity index is 1.59. The Labute approximate surface area is 147 Å². The first-order valence-corrected chi connectivity index (χ1v) is 8.49. The first-order valence-electron chi connectivity index (χ1n) is 8.49. The number of amides is 1. The number of nitrogens with zero attached hydrogens (tertiary/aromatic N) is 3. The van der Waals surface area contributed by atoms with Crippen LogP contribution in [0, 0.1) is 6.92 Å². The molecule has 2 heterocycles. The van der Waals surface area contributed by atoms with Crippen molar-refractivity contribution in [3.05, 3.63) is 47.9 Å². The fourth-order valence-electron chi connectivity index (χ4n) is 3.12. The first kappa shape index (κ1) is 17.2. The van der Waals surface area contributed by atoms with Crippen LogP contribution in [0.3, 0.4) is 0 Å². The van der Waals surface area contributed by atoms with Gasteiger partial charge < -0.3 is 14.4 Å². The number of carbonyl (C=O) groups excluding carboxylic acids is 1. The Kier molecular flexibility index (Phi) is 5.48. The number of hydrogen-bond acceptors (Lipinski definition) is 5. The summed E-state index contributed by atoms with van der Waals surface area (Å²) in [4.78, 5) is 22.5. The highest BCUT2D eigenvalue weighted by molar-refractivity contribution is 5.79. The number of benzene rings is 1. The van der Waals surface area contributed by atoms with E-state index in [1.165, 1.54) is 6.33 Å². The molecular weight excluding hydrogens is 318 g/mol. The lowest BCUT2D eigenvalue weighted by Crippen LogP contribution is -2.45. The quantitative estimate of drug-likeness (QED) is 0.836. The molecule has 1 saturated heterocycles. The average molecular weight is 341 g/mol. The van der Waals surface area contributed by atoms with Crippen molar-refractivity contribution >= 4 is 5.91 Å².